The fourth-order valence-electron chi connectivity index (χ4n) is 2.89. The number of thioether (sulfide) groups is 1. The van der Waals surface area contributed by atoms with Gasteiger partial charge in [-0.15, -0.1) is 0 Å². The van der Waals surface area contributed by atoms with E-state index >= 15 is 0 Å². The zero-order chi connectivity index (χ0) is 19.2. The number of carbonyl (C=O) groups excluding carboxylic acids is 1. The summed E-state index contributed by atoms with van der Waals surface area (Å²) in [4.78, 5) is 22.6. The van der Waals surface area contributed by atoms with Gasteiger partial charge in [0.05, 0.1) is 12.0 Å². The summed E-state index contributed by atoms with van der Waals surface area (Å²) in [6.45, 7) is 5.69. The molecule has 1 amide bonds. The van der Waals surface area contributed by atoms with E-state index in [0.717, 1.165) is 43.0 Å². The number of hydrogen-bond acceptors (Lipinski definition) is 6. The van der Waals surface area contributed by atoms with Crippen LogP contribution in [0.3, 0.4) is 0 Å². The lowest BCUT2D eigenvalue weighted by atomic mass is 10.2. The highest BCUT2D eigenvalue weighted by atomic mass is 32.2. The monoisotopic (exact) mass is 387 g/mol. The van der Waals surface area contributed by atoms with E-state index in [4.69, 9.17) is 0 Å². The Bertz CT molecular complexity index is 832. The minimum Gasteiger partial charge on any atom is -0.371 e. The topological polar surface area (TPSA) is 70.5 Å². The van der Waals surface area contributed by atoms with Crippen molar-refractivity contribution in [2.75, 3.05) is 23.7 Å². The summed E-state index contributed by atoms with van der Waals surface area (Å²) in [5, 5.41) is 4.40. The number of nitrogens with one attached hydrogen (secondary N) is 1. The normalized spacial score (nSPS) is 14.1. The van der Waals surface area contributed by atoms with Crippen molar-refractivity contribution in [1.29, 1.82) is 0 Å². The van der Waals surface area contributed by atoms with Crippen LogP contribution in [-0.2, 0) is 4.79 Å². The SMILES string of the molecule is Cc1cc(C)nc(SCC(=O)N/N=C\c2ccc(N3CCCC3)cc2F)n1. The van der Waals surface area contributed by atoms with Crippen molar-refractivity contribution < 1.29 is 9.18 Å². The molecule has 3 rings (SSSR count). The van der Waals surface area contributed by atoms with E-state index in [2.05, 4.69) is 25.4 Å². The number of halogens is 1. The second-order valence-corrected chi connectivity index (χ2v) is 7.36. The molecule has 0 spiro atoms. The first kappa shape index (κ1) is 19.3. The summed E-state index contributed by atoms with van der Waals surface area (Å²) in [6.07, 6.45) is 3.60. The maximum absolute atomic E-state index is 14.2. The molecule has 8 heteroatoms. The molecule has 1 aliphatic rings. The third kappa shape index (κ3) is 5.50. The van der Waals surface area contributed by atoms with E-state index in [1.165, 1.54) is 24.0 Å². The van der Waals surface area contributed by atoms with Gasteiger partial charge in [-0.25, -0.2) is 19.8 Å². The van der Waals surface area contributed by atoms with Gasteiger partial charge < -0.3 is 4.90 Å². The van der Waals surface area contributed by atoms with Crippen LogP contribution in [0.4, 0.5) is 10.1 Å². The standard InChI is InChI=1S/C19H22FN5OS/c1-13-9-14(2)23-19(22-13)27-12-18(26)24-21-11-15-5-6-16(10-17(15)20)25-7-3-4-8-25/h5-6,9-11H,3-4,7-8,12H2,1-2H3,(H,24,26)/b21-11-. The summed E-state index contributed by atoms with van der Waals surface area (Å²) in [5.74, 6) is -0.514. The smallest absolute Gasteiger partial charge is 0.250 e. The summed E-state index contributed by atoms with van der Waals surface area (Å²) < 4.78 is 14.2. The molecule has 0 aliphatic carbocycles. The van der Waals surface area contributed by atoms with Gasteiger partial charge in [-0.3, -0.25) is 4.79 Å². The Hall–Kier alpha value is -2.48. The molecule has 0 unspecified atom stereocenters. The second-order valence-electron chi connectivity index (χ2n) is 6.42. The van der Waals surface area contributed by atoms with Crippen molar-refractivity contribution in [1.82, 2.24) is 15.4 Å². The quantitative estimate of drug-likeness (QED) is 0.357. The van der Waals surface area contributed by atoms with Gasteiger partial charge in [0.25, 0.3) is 5.91 Å². The number of rotatable bonds is 6. The fraction of sp³-hybridized carbons (Fsp3) is 0.368. The van der Waals surface area contributed by atoms with Crippen LogP contribution >= 0.6 is 11.8 Å². The number of aromatic nitrogens is 2. The van der Waals surface area contributed by atoms with Gasteiger partial charge in [-0.1, -0.05) is 11.8 Å². The van der Waals surface area contributed by atoms with Crippen molar-refractivity contribution in [2.24, 2.45) is 5.10 Å². The van der Waals surface area contributed by atoms with Crippen LogP contribution in [-0.4, -0.2) is 40.9 Å². The highest BCUT2D eigenvalue weighted by molar-refractivity contribution is 7.99. The van der Waals surface area contributed by atoms with Crippen molar-refractivity contribution >= 4 is 29.6 Å². The van der Waals surface area contributed by atoms with Gasteiger partial charge in [0, 0.05) is 35.7 Å². The Morgan fingerprint density at radius 1 is 1.26 bits per heavy atom. The number of anilines is 1. The first-order valence-electron chi connectivity index (χ1n) is 8.83. The number of benzene rings is 1. The van der Waals surface area contributed by atoms with E-state index in [0.29, 0.717) is 10.7 Å². The largest absolute Gasteiger partial charge is 0.371 e. The van der Waals surface area contributed by atoms with Gasteiger partial charge in [-0.05, 0) is 51.0 Å². The number of aryl methyl sites for hydroxylation is 2. The molecule has 1 saturated heterocycles. The van der Waals surface area contributed by atoms with Gasteiger partial charge in [0.1, 0.15) is 5.82 Å². The average Bonchev–Trinajstić information content (AvgIpc) is 3.15. The lowest BCUT2D eigenvalue weighted by molar-refractivity contribution is -0.118. The Kier molecular flexibility index (Phi) is 6.39. The predicted octanol–water partition coefficient (Wildman–Crippen LogP) is 3.08. The molecule has 0 atom stereocenters. The van der Waals surface area contributed by atoms with E-state index in [-0.39, 0.29) is 17.5 Å². The van der Waals surface area contributed by atoms with Crippen LogP contribution in [0.1, 0.15) is 29.8 Å². The third-order valence-corrected chi connectivity index (χ3v) is 4.99. The molecule has 2 aromatic rings. The van der Waals surface area contributed by atoms with Crippen LogP contribution in [0.25, 0.3) is 0 Å². The molecule has 6 nitrogen and oxygen atoms in total. The molecule has 27 heavy (non-hydrogen) atoms. The summed E-state index contributed by atoms with van der Waals surface area (Å²) in [7, 11) is 0. The van der Waals surface area contributed by atoms with Crippen LogP contribution < -0.4 is 10.3 Å². The average molecular weight is 387 g/mol. The predicted molar refractivity (Wildman–Crippen MR) is 106 cm³/mol. The minimum atomic E-state index is -0.351. The molecule has 1 N–H and O–H groups in total. The number of carbonyl (C=O) groups is 1. The molecular weight excluding hydrogens is 365 g/mol. The highest BCUT2D eigenvalue weighted by Gasteiger charge is 2.13. The van der Waals surface area contributed by atoms with Gasteiger partial charge in [0.15, 0.2) is 5.16 Å². The molecule has 2 heterocycles. The highest BCUT2D eigenvalue weighted by Crippen LogP contribution is 2.22. The lowest BCUT2D eigenvalue weighted by Crippen LogP contribution is -2.20. The lowest BCUT2D eigenvalue weighted by Gasteiger charge is -2.17. The molecule has 1 fully saturated rings. The van der Waals surface area contributed by atoms with Gasteiger partial charge in [-0.2, -0.15) is 5.10 Å². The molecular formula is C19H22FN5OS. The zero-order valence-electron chi connectivity index (χ0n) is 15.4. The van der Waals surface area contributed by atoms with Crippen molar-refractivity contribution in [3.05, 3.63) is 47.0 Å². The number of nitrogens with zero attached hydrogens (tertiary/aromatic N) is 4. The molecule has 1 aliphatic heterocycles. The minimum absolute atomic E-state index is 0.136. The third-order valence-electron chi connectivity index (χ3n) is 4.14. The fourth-order valence-corrected chi connectivity index (χ4v) is 3.63. The van der Waals surface area contributed by atoms with E-state index in [1.54, 1.807) is 6.07 Å². The first-order valence-corrected chi connectivity index (χ1v) is 9.81. The molecule has 0 saturated carbocycles. The Balaban J connectivity index is 1.51. The maximum Gasteiger partial charge on any atom is 0.250 e. The Morgan fingerprint density at radius 3 is 2.63 bits per heavy atom. The molecule has 0 bridgehead atoms. The van der Waals surface area contributed by atoms with Gasteiger partial charge in [0.2, 0.25) is 0 Å². The number of amides is 1. The molecule has 142 valence electrons. The van der Waals surface area contributed by atoms with Gasteiger partial charge >= 0.3 is 0 Å². The maximum atomic E-state index is 14.2. The van der Waals surface area contributed by atoms with Crippen LogP contribution in [0.15, 0.2) is 34.5 Å². The van der Waals surface area contributed by atoms with Crippen LogP contribution in [0.2, 0.25) is 0 Å². The van der Waals surface area contributed by atoms with Crippen molar-refractivity contribution in [3.63, 3.8) is 0 Å². The Morgan fingerprint density at radius 2 is 1.96 bits per heavy atom. The molecule has 1 aromatic carbocycles. The van der Waals surface area contributed by atoms with E-state index < -0.39 is 0 Å². The second kappa shape index (κ2) is 8.94. The van der Waals surface area contributed by atoms with Crippen LogP contribution in [0, 0.1) is 19.7 Å². The summed E-state index contributed by atoms with van der Waals surface area (Å²) >= 11 is 1.23. The zero-order valence-corrected chi connectivity index (χ0v) is 16.2. The van der Waals surface area contributed by atoms with E-state index in [1.807, 2.05) is 26.0 Å². The summed E-state index contributed by atoms with van der Waals surface area (Å²) in [5.41, 5.74) is 5.34. The van der Waals surface area contributed by atoms with E-state index in [9.17, 15) is 9.18 Å². The first-order chi connectivity index (χ1) is 13.0. The number of hydrazone groups is 1. The van der Waals surface area contributed by atoms with Crippen molar-refractivity contribution in [3.8, 4) is 0 Å². The molecule has 0 radical (unpaired) electrons. The Labute approximate surface area is 162 Å². The summed E-state index contributed by atoms with van der Waals surface area (Å²) in [6, 6.07) is 6.95. The van der Waals surface area contributed by atoms with Crippen LogP contribution in [0.5, 0.6) is 0 Å². The number of hydrogen-bond donors (Lipinski definition) is 1. The van der Waals surface area contributed by atoms with Crippen molar-refractivity contribution in [2.45, 2.75) is 31.8 Å². The molecule has 1 aromatic heterocycles.